The van der Waals surface area contributed by atoms with Gasteiger partial charge in [0.1, 0.15) is 0 Å². The molecule has 0 radical (unpaired) electrons. The van der Waals surface area contributed by atoms with Crippen LogP contribution in [0, 0.1) is 0 Å². The first-order chi connectivity index (χ1) is 6.86. The number of aryl methyl sites for hydroxylation is 2. The SMILES string of the molecule is CCCn1cc(CCCNCC)cn1. The van der Waals surface area contributed by atoms with Crippen LogP contribution in [0.4, 0.5) is 0 Å². The minimum Gasteiger partial charge on any atom is -0.317 e. The van der Waals surface area contributed by atoms with E-state index in [1.54, 1.807) is 0 Å². The number of nitrogens with one attached hydrogen (secondary N) is 1. The van der Waals surface area contributed by atoms with Crippen molar-refractivity contribution < 1.29 is 0 Å². The monoisotopic (exact) mass is 195 g/mol. The summed E-state index contributed by atoms with van der Waals surface area (Å²) in [5.41, 5.74) is 1.36. The highest BCUT2D eigenvalue weighted by molar-refractivity contribution is 5.03. The first kappa shape index (κ1) is 11.2. The van der Waals surface area contributed by atoms with E-state index >= 15 is 0 Å². The van der Waals surface area contributed by atoms with Crippen LogP contribution in [0.3, 0.4) is 0 Å². The molecule has 0 unspecified atom stereocenters. The molecule has 1 heterocycles. The van der Waals surface area contributed by atoms with Crippen molar-refractivity contribution in [1.29, 1.82) is 0 Å². The average molecular weight is 195 g/mol. The van der Waals surface area contributed by atoms with Crippen molar-refractivity contribution in [2.45, 2.75) is 39.7 Å². The second kappa shape index (κ2) is 6.60. The van der Waals surface area contributed by atoms with Crippen molar-refractivity contribution in [2.75, 3.05) is 13.1 Å². The molecule has 0 aromatic carbocycles. The zero-order chi connectivity index (χ0) is 10.2. The number of rotatable bonds is 7. The van der Waals surface area contributed by atoms with Gasteiger partial charge in [0.2, 0.25) is 0 Å². The summed E-state index contributed by atoms with van der Waals surface area (Å²) in [7, 11) is 0. The largest absolute Gasteiger partial charge is 0.317 e. The molecule has 3 nitrogen and oxygen atoms in total. The molecule has 1 rings (SSSR count). The third-order valence-corrected chi connectivity index (χ3v) is 2.21. The van der Waals surface area contributed by atoms with E-state index in [4.69, 9.17) is 0 Å². The molecule has 0 spiro atoms. The van der Waals surface area contributed by atoms with Crippen molar-refractivity contribution >= 4 is 0 Å². The highest BCUT2D eigenvalue weighted by atomic mass is 15.3. The van der Waals surface area contributed by atoms with Crippen LogP contribution >= 0.6 is 0 Å². The van der Waals surface area contributed by atoms with E-state index in [2.05, 4.69) is 30.5 Å². The molecule has 0 aliphatic carbocycles. The highest BCUT2D eigenvalue weighted by Gasteiger charge is 1.97. The number of hydrogen-bond donors (Lipinski definition) is 1. The van der Waals surface area contributed by atoms with Gasteiger partial charge in [-0.3, -0.25) is 4.68 Å². The molecule has 0 aliphatic heterocycles. The Morgan fingerprint density at radius 2 is 2.29 bits per heavy atom. The normalized spacial score (nSPS) is 10.7. The predicted octanol–water partition coefficient (Wildman–Crippen LogP) is 1.84. The smallest absolute Gasteiger partial charge is 0.0521 e. The molecular weight excluding hydrogens is 174 g/mol. The fraction of sp³-hybridized carbons (Fsp3) is 0.727. The van der Waals surface area contributed by atoms with Crippen LogP contribution in [0.5, 0.6) is 0 Å². The zero-order valence-corrected chi connectivity index (χ0v) is 9.29. The maximum Gasteiger partial charge on any atom is 0.0521 e. The molecular formula is C11H21N3. The van der Waals surface area contributed by atoms with Gasteiger partial charge in [-0.25, -0.2) is 0 Å². The van der Waals surface area contributed by atoms with Gasteiger partial charge in [0.15, 0.2) is 0 Å². The summed E-state index contributed by atoms with van der Waals surface area (Å²) >= 11 is 0. The lowest BCUT2D eigenvalue weighted by molar-refractivity contribution is 0.601. The Hall–Kier alpha value is -0.830. The van der Waals surface area contributed by atoms with Gasteiger partial charge in [0.25, 0.3) is 0 Å². The standard InChI is InChI=1S/C11H21N3/c1-3-8-14-10-11(9-13-14)6-5-7-12-4-2/h9-10,12H,3-8H2,1-2H3. The fourth-order valence-corrected chi connectivity index (χ4v) is 1.48. The first-order valence-corrected chi connectivity index (χ1v) is 5.58. The summed E-state index contributed by atoms with van der Waals surface area (Å²) in [5, 5.41) is 7.62. The van der Waals surface area contributed by atoms with Crippen LogP contribution in [-0.2, 0) is 13.0 Å². The predicted molar refractivity (Wildman–Crippen MR) is 59.4 cm³/mol. The summed E-state index contributed by atoms with van der Waals surface area (Å²) in [6, 6.07) is 0. The van der Waals surface area contributed by atoms with Gasteiger partial charge in [-0.2, -0.15) is 5.10 Å². The van der Waals surface area contributed by atoms with Gasteiger partial charge in [-0.15, -0.1) is 0 Å². The van der Waals surface area contributed by atoms with E-state index in [-0.39, 0.29) is 0 Å². The quantitative estimate of drug-likeness (QED) is 0.673. The second-order valence-corrected chi connectivity index (χ2v) is 3.57. The Morgan fingerprint density at radius 3 is 3.00 bits per heavy atom. The minimum absolute atomic E-state index is 1.03. The number of hydrogen-bond acceptors (Lipinski definition) is 2. The molecule has 0 atom stereocenters. The molecule has 80 valence electrons. The van der Waals surface area contributed by atoms with Crippen LogP contribution < -0.4 is 5.32 Å². The molecule has 0 fully saturated rings. The maximum absolute atomic E-state index is 4.30. The lowest BCUT2D eigenvalue weighted by atomic mass is 10.2. The van der Waals surface area contributed by atoms with Gasteiger partial charge in [0, 0.05) is 12.7 Å². The van der Waals surface area contributed by atoms with Gasteiger partial charge >= 0.3 is 0 Å². The number of nitrogens with zero attached hydrogens (tertiary/aromatic N) is 2. The van der Waals surface area contributed by atoms with Crippen molar-refractivity contribution in [3.63, 3.8) is 0 Å². The van der Waals surface area contributed by atoms with E-state index in [0.29, 0.717) is 0 Å². The maximum atomic E-state index is 4.30. The fourth-order valence-electron chi connectivity index (χ4n) is 1.48. The van der Waals surface area contributed by atoms with Crippen LogP contribution in [0.25, 0.3) is 0 Å². The summed E-state index contributed by atoms with van der Waals surface area (Å²) < 4.78 is 2.03. The van der Waals surface area contributed by atoms with E-state index < -0.39 is 0 Å². The van der Waals surface area contributed by atoms with Gasteiger partial charge in [0.05, 0.1) is 6.20 Å². The lowest BCUT2D eigenvalue weighted by Crippen LogP contribution is -2.14. The Balaban J connectivity index is 2.22. The lowest BCUT2D eigenvalue weighted by Gasteiger charge is -1.99. The zero-order valence-electron chi connectivity index (χ0n) is 9.29. The molecule has 0 amide bonds. The molecule has 1 aromatic heterocycles. The van der Waals surface area contributed by atoms with Gasteiger partial charge < -0.3 is 5.32 Å². The highest BCUT2D eigenvalue weighted by Crippen LogP contribution is 2.01. The molecule has 14 heavy (non-hydrogen) atoms. The van der Waals surface area contributed by atoms with Gasteiger partial charge in [-0.05, 0) is 37.9 Å². The summed E-state index contributed by atoms with van der Waals surface area (Å²) in [6.45, 7) is 7.52. The molecule has 0 saturated carbocycles. The Bertz CT molecular complexity index is 242. The van der Waals surface area contributed by atoms with Crippen LogP contribution in [0.1, 0.15) is 32.3 Å². The molecule has 0 bridgehead atoms. The Labute approximate surface area is 86.5 Å². The average Bonchev–Trinajstić information content (AvgIpc) is 2.61. The molecule has 0 saturated heterocycles. The van der Waals surface area contributed by atoms with E-state index in [0.717, 1.165) is 32.5 Å². The third-order valence-electron chi connectivity index (χ3n) is 2.21. The van der Waals surface area contributed by atoms with Crippen LogP contribution in [0.15, 0.2) is 12.4 Å². The topological polar surface area (TPSA) is 29.9 Å². The van der Waals surface area contributed by atoms with Crippen molar-refractivity contribution in [2.24, 2.45) is 0 Å². The van der Waals surface area contributed by atoms with E-state index in [1.165, 1.54) is 12.0 Å². The van der Waals surface area contributed by atoms with Crippen molar-refractivity contribution in [1.82, 2.24) is 15.1 Å². The number of aromatic nitrogens is 2. The Morgan fingerprint density at radius 1 is 1.43 bits per heavy atom. The summed E-state index contributed by atoms with van der Waals surface area (Å²) in [5.74, 6) is 0. The minimum atomic E-state index is 1.03. The van der Waals surface area contributed by atoms with Crippen molar-refractivity contribution in [3.05, 3.63) is 18.0 Å². The van der Waals surface area contributed by atoms with Crippen LogP contribution in [0.2, 0.25) is 0 Å². The molecule has 1 N–H and O–H groups in total. The third kappa shape index (κ3) is 3.92. The molecule has 1 aromatic rings. The Kier molecular flexibility index (Phi) is 5.30. The van der Waals surface area contributed by atoms with Crippen molar-refractivity contribution in [3.8, 4) is 0 Å². The molecule has 3 heteroatoms. The molecule has 0 aliphatic rings. The van der Waals surface area contributed by atoms with E-state index in [9.17, 15) is 0 Å². The van der Waals surface area contributed by atoms with Gasteiger partial charge in [-0.1, -0.05) is 13.8 Å². The first-order valence-electron chi connectivity index (χ1n) is 5.58. The second-order valence-electron chi connectivity index (χ2n) is 3.57. The summed E-state index contributed by atoms with van der Waals surface area (Å²) in [6.07, 6.45) is 7.64. The summed E-state index contributed by atoms with van der Waals surface area (Å²) in [4.78, 5) is 0. The van der Waals surface area contributed by atoms with Crippen LogP contribution in [-0.4, -0.2) is 22.9 Å². The van der Waals surface area contributed by atoms with E-state index in [1.807, 2.05) is 10.9 Å².